The van der Waals surface area contributed by atoms with Crippen LogP contribution in [0.3, 0.4) is 0 Å². The normalized spacial score (nSPS) is 18.1. The Labute approximate surface area is 136 Å². The number of nitrogens with one attached hydrogen (secondary N) is 2. The van der Waals surface area contributed by atoms with Gasteiger partial charge in [-0.3, -0.25) is 5.10 Å². The Bertz CT molecular complexity index is 614. The molecule has 0 radical (unpaired) electrons. The first-order valence-electron chi connectivity index (χ1n) is 8.30. The summed E-state index contributed by atoms with van der Waals surface area (Å²) < 4.78 is 0. The first-order chi connectivity index (χ1) is 11.2. The highest BCUT2D eigenvalue weighted by molar-refractivity contribution is 5.52. The Kier molecular flexibility index (Phi) is 5.07. The SMILES string of the molecule is CN1CCCCC1.Nc1nccc(Nc2cc(C3CC3)[nH]n2)n1. The Hall–Kier alpha value is -2.15. The van der Waals surface area contributed by atoms with E-state index in [1.54, 1.807) is 12.3 Å². The van der Waals surface area contributed by atoms with Gasteiger partial charge in [-0.15, -0.1) is 0 Å². The molecular formula is C16H25N7. The molecule has 23 heavy (non-hydrogen) atoms. The zero-order valence-corrected chi connectivity index (χ0v) is 13.6. The van der Waals surface area contributed by atoms with Crippen LogP contribution in [-0.2, 0) is 0 Å². The number of nitrogen functional groups attached to an aromatic ring is 1. The maximum absolute atomic E-state index is 5.49. The fourth-order valence-electron chi connectivity index (χ4n) is 2.63. The van der Waals surface area contributed by atoms with Crippen LogP contribution in [-0.4, -0.2) is 45.2 Å². The largest absolute Gasteiger partial charge is 0.368 e. The van der Waals surface area contributed by atoms with Crippen molar-refractivity contribution in [3.63, 3.8) is 0 Å². The maximum Gasteiger partial charge on any atom is 0.221 e. The topological polar surface area (TPSA) is 95.8 Å². The summed E-state index contributed by atoms with van der Waals surface area (Å²) in [5.74, 6) is 2.34. The van der Waals surface area contributed by atoms with Crippen molar-refractivity contribution in [2.45, 2.75) is 38.0 Å². The number of hydrogen-bond donors (Lipinski definition) is 3. The molecule has 3 heterocycles. The lowest BCUT2D eigenvalue weighted by molar-refractivity contribution is 0.277. The molecule has 2 fully saturated rings. The third kappa shape index (κ3) is 4.92. The molecule has 0 unspecified atom stereocenters. The van der Waals surface area contributed by atoms with Gasteiger partial charge in [-0.1, -0.05) is 6.42 Å². The number of anilines is 3. The minimum Gasteiger partial charge on any atom is -0.368 e. The summed E-state index contributed by atoms with van der Waals surface area (Å²) in [4.78, 5) is 10.3. The van der Waals surface area contributed by atoms with Gasteiger partial charge in [0.2, 0.25) is 5.95 Å². The Morgan fingerprint density at radius 2 is 2.00 bits per heavy atom. The summed E-state index contributed by atoms with van der Waals surface area (Å²) in [5, 5.41) is 10.3. The van der Waals surface area contributed by atoms with Crippen LogP contribution in [0.25, 0.3) is 0 Å². The third-order valence-corrected chi connectivity index (χ3v) is 4.12. The lowest BCUT2D eigenvalue weighted by atomic mass is 10.1. The molecule has 4 N–H and O–H groups in total. The molecular weight excluding hydrogens is 290 g/mol. The van der Waals surface area contributed by atoms with Crippen LogP contribution in [0.1, 0.15) is 43.7 Å². The third-order valence-electron chi connectivity index (χ3n) is 4.12. The van der Waals surface area contributed by atoms with Crippen molar-refractivity contribution in [1.82, 2.24) is 25.1 Å². The zero-order valence-electron chi connectivity index (χ0n) is 13.6. The molecule has 0 spiro atoms. The van der Waals surface area contributed by atoms with Gasteiger partial charge in [0.1, 0.15) is 5.82 Å². The van der Waals surface area contributed by atoms with Crippen LogP contribution in [0.4, 0.5) is 17.6 Å². The molecule has 1 aliphatic carbocycles. The van der Waals surface area contributed by atoms with Crippen molar-refractivity contribution >= 4 is 17.6 Å². The van der Waals surface area contributed by atoms with E-state index < -0.39 is 0 Å². The second-order valence-corrected chi connectivity index (χ2v) is 6.27. The van der Waals surface area contributed by atoms with Crippen molar-refractivity contribution < 1.29 is 0 Å². The number of aromatic amines is 1. The summed E-state index contributed by atoms with van der Waals surface area (Å²) in [6.07, 6.45) is 8.39. The monoisotopic (exact) mass is 315 g/mol. The maximum atomic E-state index is 5.49. The summed E-state index contributed by atoms with van der Waals surface area (Å²) >= 11 is 0. The van der Waals surface area contributed by atoms with Crippen LogP contribution in [0.5, 0.6) is 0 Å². The molecule has 2 aromatic rings. The van der Waals surface area contributed by atoms with Gasteiger partial charge in [0.15, 0.2) is 5.82 Å². The van der Waals surface area contributed by atoms with Gasteiger partial charge >= 0.3 is 0 Å². The summed E-state index contributed by atoms with van der Waals surface area (Å²) in [6, 6.07) is 3.76. The molecule has 0 bridgehead atoms. The predicted molar refractivity (Wildman–Crippen MR) is 91.6 cm³/mol. The zero-order chi connectivity index (χ0) is 16.1. The van der Waals surface area contributed by atoms with E-state index >= 15 is 0 Å². The van der Waals surface area contributed by atoms with Crippen LogP contribution in [0.2, 0.25) is 0 Å². The minimum atomic E-state index is 0.253. The highest BCUT2D eigenvalue weighted by Gasteiger charge is 2.25. The molecule has 0 atom stereocenters. The second kappa shape index (κ2) is 7.41. The van der Waals surface area contributed by atoms with Crippen molar-refractivity contribution in [3.05, 3.63) is 24.0 Å². The molecule has 1 saturated carbocycles. The fourth-order valence-corrected chi connectivity index (χ4v) is 2.63. The van der Waals surface area contributed by atoms with E-state index in [1.165, 1.54) is 50.9 Å². The van der Waals surface area contributed by atoms with Gasteiger partial charge in [-0.05, 0) is 51.9 Å². The number of hydrogen-bond acceptors (Lipinski definition) is 6. The van der Waals surface area contributed by atoms with E-state index in [0.29, 0.717) is 11.7 Å². The van der Waals surface area contributed by atoms with Gasteiger partial charge in [0.25, 0.3) is 0 Å². The van der Waals surface area contributed by atoms with Gasteiger partial charge in [0, 0.05) is 23.9 Å². The molecule has 7 nitrogen and oxygen atoms in total. The number of piperidine rings is 1. The van der Waals surface area contributed by atoms with Gasteiger partial charge in [-0.25, -0.2) is 4.98 Å². The van der Waals surface area contributed by atoms with Gasteiger partial charge < -0.3 is 16.0 Å². The molecule has 1 saturated heterocycles. The average Bonchev–Trinajstić information content (AvgIpc) is 3.29. The van der Waals surface area contributed by atoms with Crippen LogP contribution < -0.4 is 11.1 Å². The van der Waals surface area contributed by atoms with Crippen molar-refractivity contribution in [3.8, 4) is 0 Å². The van der Waals surface area contributed by atoms with Crippen LogP contribution in [0.15, 0.2) is 18.3 Å². The Morgan fingerprint density at radius 3 is 2.61 bits per heavy atom. The first kappa shape index (κ1) is 15.7. The molecule has 4 rings (SSSR count). The molecule has 2 aliphatic rings. The highest BCUT2D eigenvalue weighted by atomic mass is 15.2. The Morgan fingerprint density at radius 1 is 1.22 bits per heavy atom. The second-order valence-electron chi connectivity index (χ2n) is 6.27. The van der Waals surface area contributed by atoms with Crippen molar-refractivity contribution in [2.24, 2.45) is 0 Å². The molecule has 1 aliphatic heterocycles. The summed E-state index contributed by atoms with van der Waals surface area (Å²) in [7, 11) is 2.19. The number of likely N-dealkylation sites (tertiary alicyclic amines) is 1. The van der Waals surface area contributed by atoms with Crippen molar-refractivity contribution in [1.29, 1.82) is 0 Å². The average molecular weight is 315 g/mol. The minimum absolute atomic E-state index is 0.253. The van der Waals surface area contributed by atoms with E-state index in [-0.39, 0.29) is 5.95 Å². The van der Waals surface area contributed by atoms with Crippen LogP contribution in [0, 0.1) is 0 Å². The molecule has 124 valence electrons. The van der Waals surface area contributed by atoms with Crippen molar-refractivity contribution in [2.75, 3.05) is 31.2 Å². The first-order valence-corrected chi connectivity index (χ1v) is 8.30. The van der Waals surface area contributed by atoms with E-state index in [1.807, 2.05) is 6.07 Å². The van der Waals surface area contributed by atoms with Crippen LogP contribution >= 0.6 is 0 Å². The van der Waals surface area contributed by atoms with Gasteiger partial charge in [-0.2, -0.15) is 10.1 Å². The lowest BCUT2D eigenvalue weighted by Gasteiger charge is -2.20. The predicted octanol–water partition coefficient (Wildman–Crippen LogP) is 2.50. The number of nitrogens with two attached hydrogens (primary N) is 1. The number of nitrogens with zero attached hydrogens (tertiary/aromatic N) is 4. The van der Waals surface area contributed by atoms with Gasteiger partial charge in [0.05, 0.1) is 0 Å². The molecule has 7 heteroatoms. The van der Waals surface area contributed by atoms with E-state index in [4.69, 9.17) is 5.73 Å². The summed E-state index contributed by atoms with van der Waals surface area (Å²) in [5.41, 5.74) is 6.67. The Balaban J connectivity index is 0.000000188. The standard InChI is InChI=1S/C10H12N6.C6H13N/c11-10-12-4-3-8(14-10)13-9-5-7(15-16-9)6-1-2-6;1-7-5-3-2-4-6-7/h3-6H,1-2H2,(H4,11,12,13,14,15,16);2-6H2,1H3. The fraction of sp³-hybridized carbons (Fsp3) is 0.562. The number of rotatable bonds is 3. The number of aromatic nitrogens is 4. The van der Waals surface area contributed by atoms with E-state index in [9.17, 15) is 0 Å². The lowest BCUT2D eigenvalue weighted by Crippen LogP contribution is -2.24. The quantitative estimate of drug-likeness (QED) is 0.805. The van der Waals surface area contributed by atoms with E-state index in [0.717, 1.165) is 5.82 Å². The van der Waals surface area contributed by atoms with E-state index in [2.05, 4.69) is 37.4 Å². The molecule has 2 aromatic heterocycles. The highest BCUT2D eigenvalue weighted by Crippen LogP contribution is 2.39. The number of H-pyrrole nitrogens is 1. The molecule has 0 amide bonds. The molecule has 0 aromatic carbocycles. The smallest absolute Gasteiger partial charge is 0.221 e. The summed E-state index contributed by atoms with van der Waals surface area (Å²) in [6.45, 7) is 2.64.